The van der Waals surface area contributed by atoms with Gasteiger partial charge in [0.2, 0.25) is 0 Å². The number of pyridine rings is 1. The van der Waals surface area contributed by atoms with E-state index in [9.17, 15) is 0 Å². The maximum atomic E-state index is 8.99. The van der Waals surface area contributed by atoms with Crippen molar-refractivity contribution in [3.05, 3.63) is 40.5 Å². The minimum absolute atomic E-state index is 0.0284. The van der Waals surface area contributed by atoms with E-state index in [4.69, 9.17) is 16.7 Å². The van der Waals surface area contributed by atoms with Gasteiger partial charge in [0, 0.05) is 10.4 Å². The van der Waals surface area contributed by atoms with Crippen LogP contribution in [-0.4, -0.2) is 10.1 Å². The van der Waals surface area contributed by atoms with Crippen LogP contribution in [-0.2, 0) is 6.61 Å². The third-order valence-corrected chi connectivity index (χ3v) is 2.43. The first-order chi connectivity index (χ1) is 6.70. The van der Waals surface area contributed by atoms with Crippen molar-refractivity contribution in [1.29, 1.82) is 0 Å². The molecule has 0 unspecified atom stereocenters. The second-order valence-electron chi connectivity index (χ2n) is 3.25. The zero-order valence-corrected chi connectivity index (χ0v) is 8.54. The summed E-state index contributed by atoms with van der Waals surface area (Å²) in [4.78, 5) is 4.29. The van der Waals surface area contributed by atoms with Gasteiger partial charge in [0.25, 0.3) is 0 Å². The van der Waals surface area contributed by atoms with Gasteiger partial charge in [0.15, 0.2) is 0 Å². The maximum Gasteiger partial charge on any atom is 0.0853 e. The van der Waals surface area contributed by atoms with Gasteiger partial charge in [-0.15, -0.1) is 0 Å². The largest absolute Gasteiger partial charge is 0.390 e. The van der Waals surface area contributed by atoms with Crippen LogP contribution in [0.2, 0.25) is 5.02 Å². The molecule has 2 rings (SSSR count). The Labute approximate surface area is 87.2 Å². The highest BCUT2D eigenvalue weighted by molar-refractivity contribution is 6.31. The van der Waals surface area contributed by atoms with E-state index in [2.05, 4.69) is 4.98 Å². The second kappa shape index (κ2) is 3.56. The lowest BCUT2D eigenvalue weighted by Crippen LogP contribution is -1.92. The van der Waals surface area contributed by atoms with Crippen LogP contribution >= 0.6 is 11.6 Å². The Morgan fingerprint density at radius 3 is 2.86 bits per heavy atom. The molecular weight excluding hydrogens is 198 g/mol. The minimum atomic E-state index is -0.0284. The Morgan fingerprint density at radius 1 is 1.36 bits per heavy atom. The van der Waals surface area contributed by atoms with Crippen LogP contribution in [0.1, 0.15) is 11.3 Å². The predicted molar refractivity (Wildman–Crippen MR) is 57.4 cm³/mol. The number of hydrogen-bond donors (Lipinski definition) is 1. The summed E-state index contributed by atoms with van der Waals surface area (Å²) in [6, 6.07) is 7.43. The molecule has 72 valence electrons. The highest BCUT2D eigenvalue weighted by Gasteiger charge is 2.02. The van der Waals surface area contributed by atoms with Crippen LogP contribution in [0.5, 0.6) is 0 Å². The number of fused-ring (bicyclic) bond motifs is 1. The fourth-order valence-electron chi connectivity index (χ4n) is 1.52. The first-order valence-corrected chi connectivity index (χ1v) is 4.75. The SMILES string of the molecule is Cc1cc(CO)nc2ccc(Cl)cc12. The number of nitrogens with zero attached hydrogens (tertiary/aromatic N) is 1. The lowest BCUT2D eigenvalue weighted by molar-refractivity contribution is 0.277. The maximum absolute atomic E-state index is 8.99. The van der Waals surface area contributed by atoms with Crippen LogP contribution in [0.25, 0.3) is 10.9 Å². The smallest absolute Gasteiger partial charge is 0.0853 e. The number of aliphatic hydroxyl groups excluding tert-OH is 1. The van der Waals surface area contributed by atoms with Gasteiger partial charge >= 0.3 is 0 Å². The van der Waals surface area contributed by atoms with E-state index in [1.165, 1.54) is 0 Å². The fraction of sp³-hybridized carbons (Fsp3) is 0.182. The normalized spacial score (nSPS) is 10.8. The Hall–Kier alpha value is -1.12. The van der Waals surface area contributed by atoms with Gasteiger partial charge in [0.1, 0.15) is 0 Å². The first kappa shape index (κ1) is 9.44. The van der Waals surface area contributed by atoms with Gasteiger partial charge in [-0.2, -0.15) is 0 Å². The van der Waals surface area contributed by atoms with Crippen molar-refractivity contribution >= 4 is 22.5 Å². The molecule has 1 aromatic carbocycles. The second-order valence-corrected chi connectivity index (χ2v) is 3.69. The van der Waals surface area contributed by atoms with Crippen molar-refractivity contribution in [2.24, 2.45) is 0 Å². The molecule has 0 spiro atoms. The molecule has 0 aliphatic heterocycles. The lowest BCUT2D eigenvalue weighted by Gasteiger charge is -2.04. The highest BCUT2D eigenvalue weighted by atomic mass is 35.5. The zero-order valence-electron chi connectivity index (χ0n) is 7.79. The van der Waals surface area contributed by atoms with Crippen molar-refractivity contribution in [1.82, 2.24) is 4.98 Å². The van der Waals surface area contributed by atoms with E-state index < -0.39 is 0 Å². The number of benzene rings is 1. The zero-order chi connectivity index (χ0) is 10.1. The van der Waals surface area contributed by atoms with Crippen LogP contribution in [0, 0.1) is 6.92 Å². The van der Waals surface area contributed by atoms with E-state index in [0.29, 0.717) is 10.7 Å². The van der Waals surface area contributed by atoms with Crippen molar-refractivity contribution in [2.45, 2.75) is 13.5 Å². The lowest BCUT2D eigenvalue weighted by atomic mass is 10.1. The molecule has 0 saturated heterocycles. The first-order valence-electron chi connectivity index (χ1n) is 4.37. The topological polar surface area (TPSA) is 33.1 Å². The average molecular weight is 208 g/mol. The molecule has 0 aliphatic rings. The van der Waals surface area contributed by atoms with E-state index in [1.54, 1.807) is 6.07 Å². The molecule has 0 bridgehead atoms. The Morgan fingerprint density at radius 2 is 2.14 bits per heavy atom. The van der Waals surface area contributed by atoms with Gasteiger partial charge in [-0.1, -0.05) is 11.6 Å². The molecule has 2 aromatic rings. The molecule has 0 amide bonds. The van der Waals surface area contributed by atoms with Gasteiger partial charge in [-0.3, -0.25) is 4.98 Å². The Bertz CT molecular complexity index is 482. The van der Waals surface area contributed by atoms with Crippen molar-refractivity contribution in [2.75, 3.05) is 0 Å². The summed E-state index contributed by atoms with van der Waals surface area (Å²) in [5.74, 6) is 0. The van der Waals surface area contributed by atoms with Gasteiger partial charge in [0.05, 0.1) is 17.8 Å². The number of aromatic nitrogens is 1. The molecular formula is C11H10ClNO. The number of hydrogen-bond acceptors (Lipinski definition) is 2. The molecule has 0 fully saturated rings. The molecule has 1 N–H and O–H groups in total. The van der Waals surface area contributed by atoms with Crippen LogP contribution in [0.4, 0.5) is 0 Å². The third-order valence-electron chi connectivity index (χ3n) is 2.19. The van der Waals surface area contributed by atoms with Crippen molar-refractivity contribution in [3.63, 3.8) is 0 Å². The van der Waals surface area contributed by atoms with Crippen LogP contribution in [0.3, 0.4) is 0 Å². The Kier molecular flexibility index (Phi) is 2.40. The summed E-state index contributed by atoms with van der Waals surface area (Å²) in [5.41, 5.74) is 2.65. The van der Waals surface area contributed by atoms with E-state index in [1.807, 2.05) is 25.1 Å². The van der Waals surface area contributed by atoms with E-state index in [-0.39, 0.29) is 6.61 Å². The fourth-order valence-corrected chi connectivity index (χ4v) is 1.69. The van der Waals surface area contributed by atoms with Gasteiger partial charge in [-0.25, -0.2) is 0 Å². The predicted octanol–water partition coefficient (Wildman–Crippen LogP) is 2.69. The average Bonchev–Trinajstić information content (AvgIpc) is 2.19. The molecule has 0 atom stereocenters. The van der Waals surface area contributed by atoms with Crippen LogP contribution in [0.15, 0.2) is 24.3 Å². The molecule has 0 aliphatic carbocycles. The molecule has 0 saturated carbocycles. The summed E-state index contributed by atoms with van der Waals surface area (Å²) in [6.45, 7) is 1.96. The van der Waals surface area contributed by atoms with E-state index in [0.717, 1.165) is 16.5 Å². The van der Waals surface area contributed by atoms with Crippen molar-refractivity contribution < 1.29 is 5.11 Å². The number of aryl methyl sites for hydroxylation is 1. The highest BCUT2D eigenvalue weighted by Crippen LogP contribution is 2.21. The van der Waals surface area contributed by atoms with Gasteiger partial charge < -0.3 is 5.11 Å². The monoisotopic (exact) mass is 207 g/mol. The quantitative estimate of drug-likeness (QED) is 0.780. The molecule has 14 heavy (non-hydrogen) atoms. The molecule has 0 radical (unpaired) electrons. The Balaban J connectivity index is 2.76. The molecule has 2 nitrogen and oxygen atoms in total. The minimum Gasteiger partial charge on any atom is -0.390 e. The van der Waals surface area contributed by atoms with E-state index >= 15 is 0 Å². The summed E-state index contributed by atoms with van der Waals surface area (Å²) >= 11 is 5.89. The molecule has 1 heterocycles. The van der Waals surface area contributed by atoms with Gasteiger partial charge in [-0.05, 0) is 36.8 Å². The number of halogens is 1. The van der Waals surface area contributed by atoms with Crippen LogP contribution < -0.4 is 0 Å². The summed E-state index contributed by atoms with van der Waals surface area (Å²) in [6.07, 6.45) is 0. The summed E-state index contributed by atoms with van der Waals surface area (Å²) in [5, 5.41) is 10.7. The van der Waals surface area contributed by atoms with Crippen molar-refractivity contribution in [3.8, 4) is 0 Å². The molecule has 3 heteroatoms. The summed E-state index contributed by atoms with van der Waals surface area (Å²) < 4.78 is 0. The third kappa shape index (κ3) is 1.59. The number of aliphatic hydroxyl groups is 1. The number of rotatable bonds is 1. The standard InChI is InChI=1S/C11H10ClNO/c1-7-4-9(6-14)13-11-3-2-8(12)5-10(7)11/h2-5,14H,6H2,1H3. The molecule has 1 aromatic heterocycles. The summed E-state index contributed by atoms with van der Waals surface area (Å²) in [7, 11) is 0.